The van der Waals surface area contributed by atoms with Crippen LogP contribution < -0.4 is 9.64 Å². The number of benzene rings is 2. The third-order valence-electron chi connectivity index (χ3n) is 4.95. The molecule has 0 amide bonds. The molecule has 3 rings (SSSR count). The number of allylic oxidation sites excluding steroid dienone is 1. The standard InChI is InChI=1S/C25H31N3O2/c1-5-29-19(2)11-7-6-10-18-30-22-16-14-21(15-17-22)28(4)25-23-12-8-9-13-24(23)26-20(3)27-25/h8-9,12-17H,2,5-7,10-11,18H2,1,3-4H3. The van der Waals surface area contributed by atoms with E-state index in [1.165, 1.54) is 0 Å². The molecular weight excluding hydrogens is 374 g/mol. The molecule has 1 aromatic heterocycles. The fourth-order valence-electron chi connectivity index (χ4n) is 3.38. The number of para-hydroxylation sites is 1. The van der Waals surface area contributed by atoms with E-state index in [4.69, 9.17) is 9.47 Å². The molecule has 5 nitrogen and oxygen atoms in total. The summed E-state index contributed by atoms with van der Waals surface area (Å²) >= 11 is 0. The summed E-state index contributed by atoms with van der Waals surface area (Å²) in [6, 6.07) is 16.2. The highest BCUT2D eigenvalue weighted by Gasteiger charge is 2.12. The molecule has 0 aliphatic heterocycles. The van der Waals surface area contributed by atoms with Gasteiger partial charge in [-0.05, 0) is 69.5 Å². The third kappa shape index (κ3) is 5.72. The Kier molecular flexibility index (Phi) is 7.66. The van der Waals surface area contributed by atoms with Gasteiger partial charge in [-0.1, -0.05) is 18.7 Å². The number of ether oxygens (including phenoxy) is 2. The van der Waals surface area contributed by atoms with Gasteiger partial charge in [-0.25, -0.2) is 9.97 Å². The lowest BCUT2D eigenvalue weighted by Gasteiger charge is -2.20. The first-order valence-corrected chi connectivity index (χ1v) is 10.6. The highest BCUT2D eigenvalue weighted by atomic mass is 16.5. The number of hydrogen-bond donors (Lipinski definition) is 0. The van der Waals surface area contributed by atoms with E-state index in [0.717, 1.165) is 65.4 Å². The number of nitrogens with zero attached hydrogens (tertiary/aromatic N) is 3. The number of anilines is 2. The summed E-state index contributed by atoms with van der Waals surface area (Å²) in [6.07, 6.45) is 4.13. The minimum atomic E-state index is 0.695. The summed E-state index contributed by atoms with van der Waals surface area (Å²) < 4.78 is 11.3. The van der Waals surface area contributed by atoms with Crippen LogP contribution in [0.25, 0.3) is 10.9 Å². The fourth-order valence-corrected chi connectivity index (χ4v) is 3.38. The molecule has 5 heteroatoms. The lowest BCUT2D eigenvalue weighted by Crippen LogP contribution is -2.13. The van der Waals surface area contributed by atoms with Crippen LogP contribution in [-0.2, 0) is 4.74 Å². The minimum absolute atomic E-state index is 0.695. The van der Waals surface area contributed by atoms with Gasteiger partial charge >= 0.3 is 0 Å². The van der Waals surface area contributed by atoms with Crippen LogP contribution in [0.15, 0.2) is 60.9 Å². The first kappa shape index (κ1) is 21.6. The van der Waals surface area contributed by atoms with Crippen molar-refractivity contribution in [3.05, 3.63) is 66.7 Å². The smallest absolute Gasteiger partial charge is 0.144 e. The van der Waals surface area contributed by atoms with Crippen LogP contribution in [0.1, 0.15) is 38.4 Å². The van der Waals surface area contributed by atoms with Crippen LogP contribution in [0.5, 0.6) is 5.75 Å². The quantitative estimate of drug-likeness (QED) is 0.281. The molecule has 0 aliphatic carbocycles. The average molecular weight is 406 g/mol. The zero-order valence-electron chi connectivity index (χ0n) is 18.2. The molecule has 0 fully saturated rings. The number of fused-ring (bicyclic) bond motifs is 1. The molecule has 0 unspecified atom stereocenters. The molecule has 0 aliphatic rings. The molecule has 158 valence electrons. The molecule has 0 saturated carbocycles. The molecule has 0 radical (unpaired) electrons. The average Bonchev–Trinajstić information content (AvgIpc) is 2.75. The maximum Gasteiger partial charge on any atom is 0.144 e. The van der Waals surface area contributed by atoms with Gasteiger partial charge in [0.25, 0.3) is 0 Å². The highest BCUT2D eigenvalue weighted by molar-refractivity contribution is 5.91. The SMILES string of the molecule is C=C(CCCCCOc1ccc(N(C)c2nc(C)nc3ccccc23)cc1)OCC. The summed E-state index contributed by atoms with van der Waals surface area (Å²) in [5, 5.41) is 1.04. The van der Waals surface area contributed by atoms with Crippen LogP contribution in [-0.4, -0.2) is 30.2 Å². The predicted octanol–water partition coefficient (Wildman–Crippen LogP) is 6.20. The summed E-state index contributed by atoms with van der Waals surface area (Å²) in [6.45, 7) is 9.23. The van der Waals surface area contributed by atoms with E-state index in [-0.39, 0.29) is 0 Å². The van der Waals surface area contributed by atoms with Crippen molar-refractivity contribution < 1.29 is 9.47 Å². The van der Waals surface area contributed by atoms with E-state index in [2.05, 4.69) is 39.6 Å². The van der Waals surface area contributed by atoms with E-state index in [1.807, 2.05) is 51.2 Å². The maximum atomic E-state index is 5.89. The van der Waals surface area contributed by atoms with Gasteiger partial charge in [0.2, 0.25) is 0 Å². The van der Waals surface area contributed by atoms with Gasteiger partial charge in [0.1, 0.15) is 17.4 Å². The first-order valence-electron chi connectivity index (χ1n) is 10.6. The molecule has 2 aromatic carbocycles. The molecule has 0 N–H and O–H groups in total. The third-order valence-corrected chi connectivity index (χ3v) is 4.95. The predicted molar refractivity (Wildman–Crippen MR) is 124 cm³/mol. The van der Waals surface area contributed by atoms with Crippen molar-refractivity contribution in [3.8, 4) is 5.75 Å². The van der Waals surface area contributed by atoms with Crippen molar-refractivity contribution in [2.24, 2.45) is 0 Å². The van der Waals surface area contributed by atoms with Gasteiger partial charge < -0.3 is 14.4 Å². The first-order chi connectivity index (χ1) is 14.6. The lowest BCUT2D eigenvalue weighted by atomic mass is 10.2. The van der Waals surface area contributed by atoms with Crippen LogP contribution in [0, 0.1) is 6.92 Å². The van der Waals surface area contributed by atoms with Crippen molar-refractivity contribution in [1.82, 2.24) is 9.97 Å². The normalized spacial score (nSPS) is 10.8. The number of rotatable bonds is 11. The van der Waals surface area contributed by atoms with Gasteiger partial charge in [0.15, 0.2) is 0 Å². The zero-order chi connectivity index (χ0) is 21.3. The zero-order valence-corrected chi connectivity index (χ0v) is 18.2. The number of aromatic nitrogens is 2. The second kappa shape index (κ2) is 10.6. The Labute approximate surface area is 179 Å². The van der Waals surface area contributed by atoms with E-state index >= 15 is 0 Å². The lowest BCUT2D eigenvalue weighted by molar-refractivity contribution is 0.217. The fraction of sp³-hybridized carbons (Fsp3) is 0.360. The molecule has 0 bridgehead atoms. The van der Waals surface area contributed by atoms with Gasteiger partial charge in [-0.15, -0.1) is 0 Å². The molecule has 3 aromatic rings. The van der Waals surface area contributed by atoms with Crippen molar-refractivity contribution in [2.75, 3.05) is 25.2 Å². The Hall–Kier alpha value is -3.08. The topological polar surface area (TPSA) is 47.5 Å². The van der Waals surface area contributed by atoms with Crippen molar-refractivity contribution in [2.45, 2.75) is 39.5 Å². The Morgan fingerprint density at radius 1 is 1.00 bits per heavy atom. The largest absolute Gasteiger partial charge is 0.499 e. The van der Waals surface area contributed by atoms with Gasteiger partial charge in [-0.2, -0.15) is 0 Å². The molecule has 1 heterocycles. The van der Waals surface area contributed by atoms with Gasteiger partial charge in [-0.3, -0.25) is 0 Å². The van der Waals surface area contributed by atoms with Crippen LogP contribution >= 0.6 is 0 Å². The maximum absolute atomic E-state index is 5.89. The van der Waals surface area contributed by atoms with Crippen molar-refractivity contribution >= 4 is 22.4 Å². The molecule has 0 spiro atoms. The number of aryl methyl sites for hydroxylation is 1. The van der Waals surface area contributed by atoms with Gasteiger partial charge in [0, 0.05) is 24.5 Å². The van der Waals surface area contributed by atoms with E-state index < -0.39 is 0 Å². The van der Waals surface area contributed by atoms with Crippen LogP contribution in [0.4, 0.5) is 11.5 Å². The molecule has 0 saturated heterocycles. The Morgan fingerprint density at radius 2 is 1.77 bits per heavy atom. The van der Waals surface area contributed by atoms with Crippen molar-refractivity contribution in [3.63, 3.8) is 0 Å². The van der Waals surface area contributed by atoms with Crippen molar-refractivity contribution in [1.29, 1.82) is 0 Å². The molecule has 30 heavy (non-hydrogen) atoms. The summed E-state index contributed by atoms with van der Waals surface area (Å²) in [5.41, 5.74) is 2.01. The second-order valence-electron chi connectivity index (χ2n) is 7.30. The Bertz CT molecular complexity index is 970. The van der Waals surface area contributed by atoms with Crippen LogP contribution in [0.3, 0.4) is 0 Å². The summed E-state index contributed by atoms with van der Waals surface area (Å²) in [4.78, 5) is 11.3. The Morgan fingerprint density at radius 3 is 2.53 bits per heavy atom. The molecular formula is C25H31N3O2. The monoisotopic (exact) mass is 405 g/mol. The Balaban J connectivity index is 1.54. The summed E-state index contributed by atoms with van der Waals surface area (Å²) in [7, 11) is 2.03. The minimum Gasteiger partial charge on any atom is -0.499 e. The number of unbranched alkanes of at least 4 members (excludes halogenated alkanes) is 2. The second-order valence-corrected chi connectivity index (χ2v) is 7.30. The van der Waals surface area contributed by atoms with E-state index in [1.54, 1.807) is 0 Å². The highest BCUT2D eigenvalue weighted by Crippen LogP contribution is 2.29. The van der Waals surface area contributed by atoms with E-state index in [0.29, 0.717) is 13.2 Å². The summed E-state index contributed by atoms with van der Waals surface area (Å²) in [5.74, 6) is 3.43. The number of hydrogen-bond acceptors (Lipinski definition) is 5. The van der Waals surface area contributed by atoms with Crippen LogP contribution in [0.2, 0.25) is 0 Å². The van der Waals surface area contributed by atoms with E-state index in [9.17, 15) is 0 Å². The van der Waals surface area contributed by atoms with Gasteiger partial charge in [0.05, 0.1) is 24.5 Å². The molecule has 0 atom stereocenters.